The minimum Gasteiger partial charge on any atom is -0.466 e. The zero-order valence-corrected chi connectivity index (χ0v) is 11.5. The van der Waals surface area contributed by atoms with E-state index in [9.17, 15) is 4.79 Å². The van der Waals surface area contributed by atoms with E-state index in [4.69, 9.17) is 4.74 Å². The smallest absolute Gasteiger partial charge is 0.310 e. The van der Waals surface area contributed by atoms with Crippen molar-refractivity contribution in [3.63, 3.8) is 0 Å². The number of rotatable bonds is 4. The van der Waals surface area contributed by atoms with Gasteiger partial charge in [-0.3, -0.25) is 4.79 Å². The van der Waals surface area contributed by atoms with Crippen molar-refractivity contribution in [2.45, 2.75) is 47.5 Å². The summed E-state index contributed by atoms with van der Waals surface area (Å²) in [5, 5.41) is 0. The van der Waals surface area contributed by atoms with Gasteiger partial charge in [0.25, 0.3) is 0 Å². The molecule has 0 aliphatic heterocycles. The number of benzene rings is 1. The molecule has 1 aliphatic rings. The third kappa shape index (κ3) is 3.82. The van der Waals surface area contributed by atoms with Crippen LogP contribution in [0.25, 0.3) is 0 Å². The van der Waals surface area contributed by atoms with Gasteiger partial charge >= 0.3 is 5.97 Å². The highest BCUT2D eigenvalue weighted by molar-refractivity contribution is 5.72. The van der Waals surface area contributed by atoms with E-state index in [0.717, 1.165) is 23.8 Å². The van der Waals surface area contributed by atoms with Gasteiger partial charge in [-0.2, -0.15) is 0 Å². The molecule has 0 amide bonds. The van der Waals surface area contributed by atoms with Crippen molar-refractivity contribution in [2.24, 2.45) is 11.8 Å². The molecule has 0 radical (unpaired) electrons. The van der Waals surface area contributed by atoms with Crippen molar-refractivity contribution in [3.05, 3.63) is 34.9 Å². The van der Waals surface area contributed by atoms with Crippen LogP contribution in [-0.2, 0) is 28.8 Å². The monoisotopic (exact) mass is 262 g/mol. The predicted molar refractivity (Wildman–Crippen MR) is 79.2 cm³/mol. The number of carbonyl (C=O) groups excluding carboxylic acids is 1. The first kappa shape index (κ1) is 15.7. The second-order valence-electron chi connectivity index (χ2n) is 5.50. The van der Waals surface area contributed by atoms with Crippen molar-refractivity contribution in [2.75, 3.05) is 6.61 Å². The Balaban J connectivity index is 0.00000180. The molecule has 0 aromatic heterocycles. The van der Waals surface area contributed by atoms with Gasteiger partial charge < -0.3 is 4.74 Å². The van der Waals surface area contributed by atoms with Crippen LogP contribution in [0, 0.1) is 11.8 Å². The van der Waals surface area contributed by atoms with Gasteiger partial charge in [0.15, 0.2) is 0 Å². The minimum absolute atomic E-state index is 0. The van der Waals surface area contributed by atoms with E-state index in [1.54, 1.807) is 0 Å². The third-order valence-corrected chi connectivity index (χ3v) is 3.83. The number of hydrogen-bond acceptors (Lipinski definition) is 2. The molecule has 0 N–H and O–H groups in total. The first-order valence-corrected chi connectivity index (χ1v) is 6.86. The molecule has 1 unspecified atom stereocenters. The normalized spacial score (nSPS) is 16.9. The molecule has 0 saturated carbocycles. The molecule has 1 atom stereocenters. The zero-order valence-electron chi connectivity index (χ0n) is 11.5. The van der Waals surface area contributed by atoms with Crippen LogP contribution in [0.3, 0.4) is 0 Å². The van der Waals surface area contributed by atoms with Crippen molar-refractivity contribution in [1.29, 1.82) is 0 Å². The Hall–Kier alpha value is -1.31. The maximum atomic E-state index is 11.5. The fourth-order valence-electron chi connectivity index (χ4n) is 2.67. The molecule has 1 aliphatic carbocycles. The molecule has 0 bridgehead atoms. The van der Waals surface area contributed by atoms with Gasteiger partial charge in [0.1, 0.15) is 0 Å². The summed E-state index contributed by atoms with van der Waals surface area (Å²) >= 11 is 0. The van der Waals surface area contributed by atoms with E-state index in [1.165, 1.54) is 17.5 Å². The molecule has 106 valence electrons. The molecule has 2 rings (SSSR count). The molecule has 0 spiro atoms. The molecule has 2 nitrogen and oxygen atoms in total. The SMILES string of the molecule is C.CCOC(=O)Cc1ccc2c(c1)CC(C(C)C)C2. The van der Waals surface area contributed by atoms with Gasteiger partial charge in [0, 0.05) is 0 Å². The Morgan fingerprint density at radius 1 is 1.32 bits per heavy atom. The second-order valence-corrected chi connectivity index (χ2v) is 5.50. The van der Waals surface area contributed by atoms with Crippen molar-refractivity contribution >= 4 is 5.97 Å². The molecular formula is C17H26O2. The van der Waals surface area contributed by atoms with E-state index in [2.05, 4.69) is 32.0 Å². The Morgan fingerprint density at radius 2 is 2.00 bits per heavy atom. The van der Waals surface area contributed by atoms with Gasteiger partial charge in [0.05, 0.1) is 13.0 Å². The van der Waals surface area contributed by atoms with E-state index in [-0.39, 0.29) is 13.4 Å². The Bertz CT molecular complexity index is 435. The molecule has 0 fully saturated rings. The van der Waals surface area contributed by atoms with Crippen molar-refractivity contribution in [3.8, 4) is 0 Å². The lowest BCUT2D eigenvalue weighted by molar-refractivity contribution is -0.142. The van der Waals surface area contributed by atoms with E-state index in [1.807, 2.05) is 6.92 Å². The van der Waals surface area contributed by atoms with Crippen LogP contribution in [0.15, 0.2) is 18.2 Å². The van der Waals surface area contributed by atoms with Crippen LogP contribution in [0.5, 0.6) is 0 Å². The largest absolute Gasteiger partial charge is 0.466 e. The number of fused-ring (bicyclic) bond motifs is 1. The maximum Gasteiger partial charge on any atom is 0.310 e. The first-order valence-electron chi connectivity index (χ1n) is 6.86. The number of carbonyl (C=O) groups is 1. The lowest BCUT2D eigenvalue weighted by atomic mass is 9.93. The number of esters is 1. The maximum absolute atomic E-state index is 11.5. The van der Waals surface area contributed by atoms with Gasteiger partial charge in [-0.25, -0.2) is 0 Å². The topological polar surface area (TPSA) is 26.3 Å². The number of ether oxygens (including phenoxy) is 1. The lowest BCUT2D eigenvalue weighted by Crippen LogP contribution is -2.08. The summed E-state index contributed by atoms with van der Waals surface area (Å²) in [5.74, 6) is 1.36. The standard InChI is InChI=1S/C16H22O2.CH4/c1-4-18-16(17)8-12-5-6-13-9-14(11(2)3)10-15(13)7-12;/h5-7,11,14H,4,8-10H2,1-3H3;1H4. The van der Waals surface area contributed by atoms with E-state index in [0.29, 0.717) is 13.0 Å². The summed E-state index contributed by atoms with van der Waals surface area (Å²) in [6.07, 6.45) is 2.74. The third-order valence-electron chi connectivity index (χ3n) is 3.83. The highest BCUT2D eigenvalue weighted by atomic mass is 16.5. The Morgan fingerprint density at radius 3 is 2.63 bits per heavy atom. The van der Waals surface area contributed by atoms with E-state index >= 15 is 0 Å². The lowest BCUT2D eigenvalue weighted by Gasteiger charge is -2.12. The fourth-order valence-corrected chi connectivity index (χ4v) is 2.67. The average Bonchev–Trinajstić information content (AvgIpc) is 2.72. The molecule has 2 heteroatoms. The van der Waals surface area contributed by atoms with Crippen molar-refractivity contribution < 1.29 is 9.53 Å². The fraction of sp³-hybridized carbons (Fsp3) is 0.588. The molecule has 19 heavy (non-hydrogen) atoms. The second kappa shape index (κ2) is 6.74. The van der Waals surface area contributed by atoms with Crippen LogP contribution in [0.4, 0.5) is 0 Å². The highest BCUT2D eigenvalue weighted by Gasteiger charge is 2.24. The summed E-state index contributed by atoms with van der Waals surface area (Å²) in [6, 6.07) is 6.44. The molecule has 0 heterocycles. The van der Waals surface area contributed by atoms with Crippen LogP contribution in [0.1, 0.15) is 44.9 Å². The molecule has 1 aromatic carbocycles. The van der Waals surface area contributed by atoms with Gasteiger partial charge in [-0.05, 0) is 48.3 Å². The van der Waals surface area contributed by atoms with E-state index < -0.39 is 0 Å². The summed E-state index contributed by atoms with van der Waals surface area (Å²) in [5.41, 5.74) is 3.97. The molecule has 1 aromatic rings. The molecular weight excluding hydrogens is 236 g/mol. The first-order chi connectivity index (χ1) is 8.60. The quantitative estimate of drug-likeness (QED) is 0.771. The Kier molecular flexibility index (Phi) is 5.59. The van der Waals surface area contributed by atoms with Gasteiger partial charge in [0.2, 0.25) is 0 Å². The predicted octanol–water partition coefficient (Wildman–Crippen LogP) is 3.80. The highest BCUT2D eigenvalue weighted by Crippen LogP contribution is 2.32. The minimum atomic E-state index is -0.129. The summed E-state index contributed by atoms with van der Waals surface area (Å²) in [4.78, 5) is 11.5. The number of hydrogen-bond donors (Lipinski definition) is 0. The van der Waals surface area contributed by atoms with Crippen LogP contribution < -0.4 is 0 Å². The van der Waals surface area contributed by atoms with Crippen molar-refractivity contribution in [1.82, 2.24) is 0 Å². The van der Waals surface area contributed by atoms with Gasteiger partial charge in [-0.1, -0.05) is 39.5 Å². The average molecular weight is 262 g/mol. The Labute approximate surface area is 117 Å². The van der Waals surface area contributed by atoms with Crippen LogP contribution in [-0.4, -0.2) is 12.6 Å². The summed E-state index contributed by atoms with van der Waals surface area (Å²) < 4.78 is 4.99. The summed E-state index contributed by atoms with van der Waals surface area (Å²) in [7, 11) is 0. The zero-order chi connectivity index (χ0) is 13.1. The van der Waals surface area contributed by atoms with Crippen LogP contribution in [0.2, 0.25) is 0 Å². The van der Waals surface area contributed by atoms with Gasteiger partial charge in [-0.15, -0.1) is 0 Å². The summed E-state index contributed by atoms with van der Waals surface area (Å²) in [6.45, 7) is 6.87. The van der Waals surface area contributed by atoms with Crippen LogP contribution >= 0.6 is 0 Å². The molecule has 0 saturated heterocycles.